The van der Waals surface area contributed by atoms with Crippen LogP contribution in [0.1, 0.15) is 31.6 Å². The molecule has 0 fully saturated rings. The average Bonchev–Trinajstić information content (AvgIpc) is 2.88. The lowest BCUT2D eigenvalue weighted by atomic mass is 10.3. The van der Waals surface area contributed by atoms with Gasteiger partial charge in [-0.05, 0) is 39.0 Å². The van der Waals surface area contributed by atoms with Gasteiger partial charge in [0.15, 0.2) is 11.9 Å². The van der Waals surface area contributed by atoms with Crippen LogP contribution in [0.3, 0.4) is 0 Å². The number of hydrogen-bond donors (Lipinski definition) is 1. The lowest BCUT2D eigenvalue weighted by Gasteiger charge is -2.17. The highest BCUT2D eigenvalue weighted by Crippen LogP contribution is 2.26. The molecule has 1 amide bonds. The van der Waals surface area contributed by atoms with Gasteiger partial charge in [0.1, 0.15) is 17.6 Å². The van der Waals surface area contributed by atoms with Crippen molar-refractivity contribution in [1.29, 1.82) is 0 Å². The van der Waals surface area contributed by atoms with Gasteiger partial charge in [0, 0.05) is 0 Å². The van der Waals surface area contributed by atoms with Crippen LogP contribution in [0.25, 0.3) is 0 Å². The van der Waals surface area contributed by atoms with Crippen LogP contribution in [-0.2, 0) is 4.79 Å². The predicted molar refractivity (Wildman–Crippen MR) is 77.1 cm³/mol. The van der Waals surface area contributed by atoms with Gasteiger partial charge in [0.05, 0.1) is 5.02 Å². The maximum Gasteiger partial charge on any atom is 0.261 e. The molecule has 0 saturated carbocycles. The summed E-state index contributed by atoms with van der Waals surface area (Å²) in [6.07, 6.45) is -0.825. The summed E-state index contributed by atoms with van der Waals surface area (Å²) in [6.45, 7) is 4.95. The van der Waals surface area contributed by atoms with E-state index in [1.165, 1.54) is 12.1 Å². The molecule has 0 unspecified atom stereocenters. The number of carbonyl (C=O) groups excluding carboxylic acids is 1. The van der Waals surface area contributed by atoms with Crippen molar-refractivity contribution in [3.05, 3.63) is 40.8 Å². The molecule has 1 aromatic carbocycles. The van der Waals surface area contributed by atoms with Gasteiger partial charge in [-0.25, -0.2) is 4.39 Å². The van der Waals surface area contributed by atoms with E-state index in [4.69, 9.17) is 20.9 Å². The summed E-state index contributed by atoms with van der Waals surface area (Å²) in [5, 5.41) is 6.44. The molecule has 0 spiro atoms. The standard InChI is InChI=1S/C14H15ClFN3O3/c1-7(14-18-9(3)19-22-14)17-13(20)8(2)21-12-5-4-10(16)6-11(12)15/h4-8H,1-3H3,(H,17,20)/t7-,8-/m1/s1. The first-order valence-corrected chi connectivity index (χ1v) is 6.97. The fourth-order valence-electron chi connectivity index (χ4n) is 1.70. The van der Waals surface area contributed by atoms with Crippen LogP contribution in [0, 0.1) is 12.7 Å². The molecule has 1 N–H and O–H groups in total. The number of aryl methyl sites for hydroxylation is 1. The molecule has 6 nitrogen and oxygen atoms in total. The highest BCUT2D eigenvalue weighted by atomic mass is 35.5. The third kappa shape index (κ3) is 3.94. The lowest BCUT2D eigenvalue weighted by molar-refractivity contribution is -0.128. The summed E-state index contributed by atoms with van der Waals surface area (Å²) in [5.41, 5.74) is 0. The molecular formula is C14H15ClFN3O3. The van der Waals surface area contributed by atoms with Gasteiger partial charge in [0.25, 0.3) is 5.91 Å². The fraction of sp³-hybridized carbons (Fsp3) is 0.357. The molecule has 0 aliphatic heterocycles. The molecular weight excluding hydrogens is 313 g/mol. The molecule has 1 aromatic heterocycles. The minimum absolute atomic E-state index is 0.0974. The number of aromatic nitrogens is 2. The molecule has 0 aliphatic rings. The predicted octanol–water partition coefficient (Wildman–Crippen LogP) is 2.82. The molecule has 0 radical (unpaired) electrons. The van der Waals surface area contributed by atoms with Crippen molar-refractivity contribution in [2.24, 2.45) is 0 Å². The second-order valence-corrected chi connectivity index (χ2v) is 5.15. The number of carbonyl (C=O) groups is 1. The number of nitrogens with zero attached hydrogens (tertiary/aromatic N) is 2. The summed E-state index contributed by atoms with van der Waals surface area (Å²) in [4.78, 5) is 16.1. The van der Waals surface area contributed by atoms with Crippen LogP contribution >= 0.6 is 11.6 Å². The van der Waals surface area contributed by atoms with Crippen LogP contribution < -0.4 is 10.1 Å². The molecule has 0 aliphatic carbocycles. The van der Waals surface area contributed by atoms with E-state index in [1.54, 1.807) is 20.8 Å². The number of benzene rings is 1. The van der Waals surface area contributed by atoms with Crippen molar-refractivity contribution in [3.63, 3.8) is 0 Å². The monoisotopic (exact) mass is 327 g/mol. The molecule has 118 valence electrons. The highest BCUT2D eigenvalue weighted by molar-refractivity contribution is 6.32. The number of ether oxygens (including phenoxy) is 1. The minimum Gasteiger partial charge on any atom is -0.479 e. The summed E-state index contributed by atoms with van der Waals surface area (Å²) in [7, 11) is 0. The summed E-state index contributed by atoms with van der Waals surface area (Å²) >= 11 is 5.85. The third-order valence-electron chi connectivity index (χ3n) is 2.84. The molecule has 2 rings (SSSR count). The minimum atomic E-state index is -0.825. The van der Waals surface area contributed by atoms with Gasteiger partial charge in [-0.2, -0.15) is 4.98 Å². The van der Waals surface area contributed by atoms with Crippen molar-refractivity contribution in [3.8, 4) is 5.75 Å². The Balaban J connectivity index is 1.97. The van der Waals surface area contributed by atoms with Crippen LogP contribution in [0.15, 0.2) is 22.7 Å². The van der Waals surface area contributed by atoms with Crippen molar-refractivity contribution in [2.75, 3.05) is 0 Å². The van der Waals surface area contributed by atoms with E-state index in [1.807, 2.05) is 0 Å². The maximum atomic E-state index is 13.0. The van der Waals surface area contributed by atoms with E-state index in [-0.39, 0.29) is 16.7 Å². The Hall–Kier alpha value is -2.15. The first-order valence-electron chi connectivity index (χ1n) is 6.59. The summed E-state index contributed by atoms with van der Waals surface area (Å²) in [6, 6.07) is 3.23. The Morgan fingerprint density at radius 2 is 2.18 bits per heavy atom. The smallest absolute Gasteiger partial charge is 0.261 e. The summed E-state index contributed by atoms with van der Waals surface area (Å²) < 4.78 is 23.4. The molecule has 0 saturated heterocycles. The quantitative estimate of drug-likeness (QED) is 0.913. The van der Waals surface area contributed by atoms with E-state index in [9.17, 15) is 9.18 Å². The zero-order chi connectivity index (χ0) is 16.3. The topological polar surface area (TPSA) is 77.2 Å². The second kappa shape index (κ2) is 6.74. The van der Waals surface area contributed by atoms with Gasteiger partial charge < -0.3 is 14.6 Å². The Morgan fingerprint density at radius 1 is 1.45 bits per heavy atom. The Morgan fingerprint density at radius 3 is 2.77 bits per heavy atom. The van der Waals surface area contributed by atoms with Gasteiger partial charge in [-0.1, -0.05) is 16.8 Å². The molecule has 1 heterocycles. The Kier molecular flexibility index (Phi) is 4.97. The van der Waals surface area contributed by atoms with E-state index in [0.717, 1.165) is 6.07 Å². The first-order chi connectivity index (χ1) is 10.4. The van der Waals surface area contributed by atoms with Crippen LogP contribution in [0.5, 0.6) is 5.75 Å². The van der Waals surface area contributed by atoms with Crippen LogP contribution in [-0.4, -0.2) is 22.2 Å². The van der Waals surface area contributed by atoms with Gasteiger partial charge in [-0.15, -0.1) is 0 Å². The number of rotatable bonds is 5. The molecule has 2 atom stereocenters. The van der Waals surface area contributed by atoms with Crippen molar-refractivity contribution in [2.45, 2.75) is 32.9 Å². The number of amides is 1. The largest absolute Gasteiger partial charge is 0.479 e. The van der Waals surface area contributed by atoms with Gasteiger partial charge >= 0.3 is 0 Å². The first kappa shape index (κ1) is 16.2. The fourth-order valence-corrected chi connectivity index (χ4v) is 1.91. The highest BCUT2D eigenvalue weighted by Gasteiger charge is 2.21. The number of halogens is 2. The number of nitrogens with one attached hydrogen (secondary N) is 1. The number of hydrogen-bond acceptors (Lipinski definition) is 5. The van der Waals surface area contributed by atoms with Crippen molar-refractivity contribution >= 4 is 17.5 Å². The normalized spacial score (nSPS) is 13.5. The maximum absolute atomic E-state index is 13.0. The van der Waals surface area contributed by atoms with Gasteiger partial charge in [-0.3, -0.25) is 4.79 Å². The van der Waals surface area contributed by atoms with Gasteiger partial charge in [0.2, 0.25) is 5.89 Å². The van der Waals surface area contributed by atoms with E-state index < -0.39 is 18.0 Å². The Bertz CT molecular complexity index is 677. The lowest BCUT2D eigenvalue weighted by Crippen LogP contribution is -2.37. The zero-order valence-electron chi connectivity index (χ0n) is 12.3. The van der Waals surface area contributed by atoms with Crippen molar-refractivity contribution < 1.29 is 18.4 Å². The SMILES string of the molecule is Cc1noc([C@@H](C)NC(=O)[C@@H](C)Oc2ccc(F)cc2Cl)n1. The Labute approximate surface area is 131 Å². The van der Waals surface area contributed by atoms with E-state index in [2.05, 4.69) is 15.5 Å². The van der Waals surface area contributed by atoms with E-state index in [0.29, 0.717) is 11.7 Å². The molecule has 0 bridgehead atoms. The zero-order valence-corrected chi connectivity index (χ0v) is 13.0. The molecule has 8 heteroatoms. The molecule has 2 aromatic rings. The second-order valence-electron chi connectivity index (χ2n) is 4.74. The van der Waals surface area contributed by atoms with Crippen LogP contribution in [0.2, 0.25) is 5.02 Å². The van der Waals surface area contributed by atoms with Crippen molar-refractivity contribution in [1.82, 2.24) is 15.5 Å². The summed E-state index contributed by atoms with van der Waals surface area (Å²) in [5.74, 6) is 0.155. The van der Waals surface area contributed by atoms with Crippen LogP contribution in [0.4, 0.5) is 4.39 Å². The van der Waals surface area contributed by atoms with E-state index >= 15 is 0 Å². The third-order valence-corrected chi connectivity index (χ3v) is 3.13. The average molecular weight is 328 g/mol. The molecule has 22 heavy (non-hydrogen) atoms.